The van der Waals surface area contributed by atoms with Crippen molar-refractivity contribution in [1.29, 1.82) is 0 Å². The molecule has 0 atom stereocenters. The Morgan fingerprint density at radius 2 is 1.47 bits per heavy atom. The van der Waals surface area contributed by atoms with E-state index >= 15 is 0 Å². The van der Waals surface area contributed by atoms with Gasteiger partial charge in [-0.1, -0.05) is 42.5 Å². The Bertz CT molecular complexity index is 719. The zero-order valence-electron chi connectivity index (χ0n) is 10.9. The van der Waals surface area contributed by atoms with Crippen molar-refractivity contribution in [1.82, 2.24) is 0 Å². The van der Waals surface area contributed by atoms with Crippen molar-refractivity contribution >= 4 is 27.8 Å². The minimum absolute atomic E-state index is 0.790. The molecule has 2 heteroatoms. The number of hydrogen-bond donors (Lipinski definition) is 1. The van der Waals surface area contributed by atoms with Crippen LogP contribution < -0.4 is 10.6 Å². The average Bonchev–Trinajstić information content (AvgIpc) is 2.46. The van der Waals surface area contributed by atoms with E-state index < -0.39 is 0 Å². The van der Waals surface area contributed by atoms with Gasteiger partial charge < -0.3 is 10.6 Å². The number of nitrogen functional groups attached to an aromatic ring is 1. The zero-order chi connectivity index (χ0) is 13.2. The monoisotopic (exact) mass is 248 g/mol. The molecule has 0 unspecified atom stereocenters. The molecule has 3 aromatic carbocycles. The smallest absolute Gasteiger partial charge is 0.0641 e. The van der Waals surface area contributed by atoms with Gasteiger partial charge in [-0.2, -0.15) is 0 Å². The first-order valence-corrected chi connectivity index (χ1v) is 6.33. The van der Waals surface area contributed by atoms with Crippen molar-refractivity contribution in [2.75, 3.05) is 17.7 Å². The molecule has 0 fully saturated rings. The Morgan fingerprint density at radius 3 is 2.26 bits per heavy atom. The summed E-state index contributed by atoms with van der Waals surface area (Å²) in [6.45, 7) is 0. The van der Waals surface area contributed by atoms with E-state index in [1.54, 1.807) is 0 Å². The van der Waals surface area contributed by atoms with Crippen LogP contribution in [0.3, 0.4) is 0 Å². The summed E-state index contributed by atoms with van der Waals surface area (Å²) in [7, 11) is 2.04. The molecule has 3 aromatic rings. The van der Waals surface area contributed by atoms with Crippen LogP contribution in [0.25, 0.3) is 10.8 Å². The van der Waals surface area contributed by atoms with E-state index in [4.69, 9.17) is 5.73 Å². The van der Waals surface area contributed by atoms with Gasteiger partial charge in [0.05, 0.1) is 11.4 Å². The topological polar surface area (TPSA) is 29.3 Å². The molecule has 0 aliphatic heterocycles. The van der Waals surface area contributed by atoms with E-state index in [-0.39, 0.29) is 0 Å². The Hall–Kier alpha value is -2.48. The van der Waals surface area contributed by atoms with E-state index in [1.165, 1.54) is 10.8 Å². The first-order chi connectivity index (χ1) is 9.25. The fraction of sp³-hybridized carbons (Fsp3) is 0.0588. The van der Waals surface area contributed by atoms with Gasteiger partial charge in [0, 0.05) is 12.7 Å². The van der Waals surface area contributed by atoms with E-state index in [0.717, 1.165) is 17.1 Å². The van der Waals surface area contributed by atoms with Crippen molar-refractivity contribution in [2.24, 2.45) is 0 Å². The molecule has 0 saturated carbocycles. The van der Waals surface area contributed by atoms with Gasteiger partial charge in [-0.25, -0.2) is 0 Å². The van der Waals surface area contributed by atoms with Crippen LogP contribution in [0.5, 0.6) is 0 Å². The fourth-order valence-electron chi connectivity index (χ4n) is 2.32. The number of benzene rings is 3. The maximum Gasteiger partial charge on any atom is 0.0641 e. The number of anilines is 3. The van der Waals surface area contributed by atoms with Crippen LogP contribution in [-0.4, -0.2) is 7.05 Å². The predicted octanol–water partition coefficient (Wildman–Crippen LogP) is 4.19. The van der Waals surface area contributed by atoms with Gasteiger partial charge in [0.2, 0.25) is 0 Å². The maximum absolute atomic E-state index is 6.03. The minimum Gasteiger partial charge on any atom is -0.397 e. The van der Waals surface area contributed by atoms with Crippen LogP contribution in [0.2, 0.25) is 0 Å². The van der Waals surface area contributed by atoms with Gasteiger partial charge in [0.1, 0.15) is 0 Å². The van der Waals surface area contributed by atoms with Crippen LogP contribution in [-0.2, 0) is 0 Å². The highest BCUT2D eigenvalue weighted by atomic mass is 15.1. The van der Waals surface area contributed by atoms with Gasteiger partial charge in [-0.3, -0.25) is 0 Å². The number of para-hydroxylation sites is 2. The lowest BCUT2D eigenvalue weighted by atomic mass is 10.1. The van der Waals surface area contributed by atoms with Gasteiger partial charge >= 0.3 is 0 Å². The standard InChI is InChI=1S/C17H16N2/c1-19(17-9-5-4-8-16(17)18)15-11-10-13-6-2-3-7-14(13)12-15/h2-12H,18H2,1H3. The molecular formula is C17H16N2. The molecule has 0 aliphatic carbocycles. The zero-order valence-corrected chi connectivity index (χ0v) is 10.9. The predicted molar refractivity (Wildman–Crippen MR) is 82.9 cm³/mol. The summed E-state index contributed by atoms with van der Waals surface area (Å²) in [4.78, 5) is 2.11. The van der Waals surface area contributed by atoms with Crippen LogP contribution in [0.4, 0.5) is 17.1 Å². The van der Waals surface area contributed by atoms with Gasteiger partial charge in [-0.15, -0.1) is 0 Å². The molecule has 0 amide bonds. The summed E-state index contributed by atoms with van der Waals surface area (Å²) in [5.41, 5.74) is 8.98. The molecule has 0 aromatic heterocycles. The third-order valence-electron chi connectivity index (χ3n) is 3.42. The quantitative estimate of drug-likeness (QED) is 0.689. The second-order valence-corrected chi connectivity index (χ2v) is 4.65. The third kappa shape index (κ3) is 2.13. The van der Waals surface area contributed by atoms with Gasteiger partial charge in [0.25, 0.3) is 0 Å². The number of fused-ring (bicyclic) bond motifs is 1. The van der Waals surface area contributed by atoms with Crippen molar-refractivity contribution in [2.45, 2.75) is 0 Å². The second-order valence-electron chi connectivity index (χ2n) is 4.65. The first-order valence-electron chi connectivity index (χ1n) is 6.33. The van der Waals surface area contributed by atoms with Gasteiger partial charge in [-0.05, 0) is 35.0 Å². The van der Waals surface area contributed by atoms with Crippen LogP contribution in [0.15, 0.2) is 66.7 Å². The molecule has 0 saturated heterocycles. The van der Waals surface area contributed by atoms with Crippen molar-refractivity contribution in [3.8, 4) is 0 Å². The highest BCUT2D eigenvalue weighted by molar-refractivity contribution is 5.87. The lowest BCUT2D eigenvalue weighted by Gasteiger charge is -2.21. The van der Waals surface area contributed by atoms with E-state index in [2.05, 4.69) is 47.4 Å². The summed E-state index contributed by atoms with van der Waals surface area (Å²) >= 11 is 0. The maximum atomic E-state index is 6.03. The number of hydrogen-bond acceptors (Lipinski definition) is 2. The summed E-state index contributed by atoms with van der Waals surface area (Å²) in [6.07, 6.45) is 0. The second kappa shape index (κ2) is 4.65. The molecule has 0 radical (unpaired) electrons. The number of nitrogens with two attached hydrogens (primary N) is 1. The van der Waals surface area contributed by atoms with Crippen molar-refractivity contribution in [3.05, 3.63) is 66.7 Å². The average molecular weight is 248 g/mol. The van der Waals surface area contributed by atoms with Crippen molar-refractivity contribution < 1.29 is 0 Å². The lowest BCUT2D eigenvalue weighted by Crippen LogP contribution is -2.11. The molecule has 0 spiro atoms. The Kier molecular flexibility index (Phi) is 2.84. The van der Waals surface area contributed by atoms with Gasteiger partial charge in [0.15, 0.2) is 0 Å². The molecule has 2 nitrogen and oxygen atoms in total. The molecule has 0 heterocycles. The minimum atomic E-state index is 0.790. The Balaban J connectivity index is 2.07. The van der Waals surface area contributed by atoms with E-state index in [0.29, 0.717) is 0 Å². The summed E-state index contributed by atoms with van der Waals surface area (Å²) in [5, 5.41) is 2.49. The fourth-order valence-corrected chi connectivity index (χ4v) is 2.32. The van der Waals surface area contributed by atoms with E-state index in [9.17, 15) is 0 Å². The Morgan fingerprint density at radius 1 is 0.789 bits per heavy atom. The molecule has 2 N–H and O–H groups in total. The summed E-state index contributed by atoms with van der Waals surface area (Å²) in [6, 6.07) is 22.7. The highest BCUT2D eigenvalue weighted by Crippen LogP contribution is 2.30. The third-order valence-corrected chi connectivity index (χ3v) is 3.42. The summed E-state index contributed by atoms with van der Waals surface area (Å²) < 4.78 is 0. The largest absolute Gasteiger partial charge is 0.397 e. The molecule has 3 rings (SSSR count). The highest BCUT2D eigenvalue weighted by Gasteiger charge is 2.07. The van der Waals surface area contributed by atoms with Crippen LogP contribution in [0.1, 0.15) is 0 Å². The lowest BCUT2D eigenvalue weighted by molar-refractivity contribution is 1.22. The number of nitrogens with zero attached hydrogens (tertiary/aromatic N) is 1. The van der Waals surface area contributed by atoms with E-state index in [1.807, 2.05) is 31.3 Å². The number of rotatable bonds is 2. The van der Waals surface area contributed by atoms with Crippen LogP contribution >= 0.6 is 0 Å². The SMILES string of the molecule is CN(c1ccc2ccccc2c1)c1ccccc1N. The summed E-state index contributed by atoms with van der Waals surface area (Å²) in [5.74, 6) is 0. The normalized spacial score (nSPS) is 10.6. The molecule has 19 heavy (non-hydrogen) atoms. The van der Waals surface area contributed by atoms with Crippen molar-refractivity contribution in [3.63, 3.8) is 0 Å². The van der Waals surface area contributed by atoms with Crippen LogP contribution in [0, 0.1) is 0 Å². The first kappa shape index (κ1) is 11.6. The Labute approximate surface area is 113 Å². The molecular weight excluding hydrogens is 232 g/mol. The molecule has 94 valence electrons. The molecule has 0 bridgehead atoms. The molecule has 0 aliphatic rings.